The number of nitrogens with zero attached hydrogens (tertiary/aromatic N) is 4. The van der Waals surface area contributed by atoms with E-state index >= 15 is 0 Å². The second-order valence-corrected chi connectivity index (χ2v) is 14.9. The topological polar surface area (TPSA) is 175 Å². The van der Waals surface area contributed by atoms with Crippen molar-refractivity contribution in [1.29, 1.82) is 0 Å². The number of carbonyl (C=O) groups excluding carboxylic acids is 3. The van der Waals surface area contributed by atoms with Gasteiger partial charge in [-0.15, -0.1) is 0 Å². The number of ether oxygens (including phenoxy) is 1. The predicted octanol–water partition coefficient (Wildman–Crippen LogP) is 3.07. The summed E-state index contributed by atoms with van der Waals surface area (Å²) < 4.78 is 19.6. The number of fused-ring (bicyclic) bond motifs is 4. The summed E-state index contributed by atoms with van der Waals surface area (Å²) in [5, 5.41) is 20.0. The summed E-state index contributed by atoms with van der Waals surface area (Å²) in [6, 6.07) is 11.8. The van der Waals surface area contributed by atoms with Crippen molar-refractivity contribution < 1.29 is 33.1 Å². The Morgan fingerprint density at radius 3 is 2.54 bits per heavy atom. The summed E-state index contributed by atoms with van der Waals surface area (Å²) in [5.74, 6) is -0.581. The molecule has 2 aromatic heterocycles. The van der Waals surface area contributed by atoms with Crippen LogP contribution >= 0.6 is 0 Å². The lowest BCUT2D eigenvalue weighted by atomic mass is 9.72. The van der Waals surface area contributed by atoms with Gasteiger partial charge in [0, 0.05) is 43.9 Å². The Labute approximate surface area is 300 Å². The summed E-state index contributed by atoms with van der Waals surface area (Å²) in [6.07, 6.45) is -0.439. The van der Waals surface area contributed by atoms with Gasteiger partial charge >= 0.3 is 0 Å². The molecule has 0 saturated carbocycles. The highest BCUT2D eigenvalue weighted by molar-refractivity contribution is 5.93. The fraction of sp³-hybridized carbons (Fsp3) is 0.447. The van der Waals surface area contributed by atoms with Gasteiger partial charge in [-0.2, -0.15) is 0 Å². The van der Waals surface area contributed by atoms with Crippen LogP contribution in [0.15, 0.2) is 57.6 Å². The molecule has 52 heavy (non-hydrogen) atoms. The molecule has 5 atom stereocenters. The van der Waals surface area contributed by atoms with Crippen molar-refractivity contribution in [2.24, 2.45) is 11.8 Å². The Bertz CT molecular complexity index is 2050. The lowest BCUT2D eigenvalue weighted by molar-refractivity contribution is -0.135. The maximum Gasteiger partial charge on any atom is 0.275 e. The maximum absolute atomic E-state index is 14.1. The molecule has 2 unspecified atom stereocenters. The van der Waals surface area contributed by atoms with Crippen LogP contribution in [0.3, 0.4) is 0 Å². The molecular weight excluding hydrogens is 666 g/mol. The maximum atomic E-state index is 14.1. The van der Waals surface area contributed by atoms with E-state index in [9.17, 15) is 19.5 Å². The number of hydrogen-bond donors (Lipinski definition) is 4. The Balaban J connectivity index is 1.31. The van der Waals surface area contributed by atoms with E-state index in [1.54, 1.807) is 18.7 Å². The fourth-order valence-electron chi connectivity index (χ4n) is 7.66. The molecule has 1 fully saturated rings. The first kappa shape index (κ1) is 33.9. The number of hydrogen-bond acceptors (Lipinski definition) is 11. The van der Waals surface area contributed by atoms with Crippen LogP contribution in [0.4, 0.5) is 5.69 Å². The van der Waals surface area contributed by atoms with Crippen molar-refractivity contribution in [1.82, 2.24) is 30.4 Å². The van der Waals surface area contributed by atoms with Crippen LogP contribution in [0.2, 0.25) is 0 Å². The second kappa shape index (κ2) is 12.8. The number of aromatic nitrogens is 2. The third-order valence-corrected chi connectivity index (χ3v) is 10.7. The van der Waals surface area contributed by atoms with E-state index in [1.807, 2.05) is 63.4 Å². The van der Waals surface area contributed by atoms with Crippen LogP contribution in [-0.4, -0.2) is 94.2 Å². The third kappa shape index (κ3) is 5.43. The lowest BCUT2D eigenvalue weighted by Crippen LogP contribution is -2.52. The number of piperazine rings is 1. The molecule has 1 saturated heterocycles. The number of benzene rings is 2. The Hall–Kier alpha value is -5.21. The minimum Gasteiger partial charge on any atom is -0.469 e. The van der Waals surface area contributed by atoms with Crippen molar-refractivity contribution in [2.75, 3.05) is 38.5 Å². The van der Waals surface area contributed by atoms with E-state index < -0.39 is 41.6 Å². The molecular formula is C38H43N7O7. The van der Waals surface area contributed by atoms with Crippen molar-refractivity contribution >= 4 is 23.4 Å². The molecule has 4 aromatic rings. The van der Waals surface area contributed by atoms with E-state index in [0.29, 0.717) is 24.6 Å². The molecule has 4 aliphatic rings. The van der Waals surface area contributed by atoms with Gasteiger partial charge in [-0.05, 0) is 42.1 Å². The highest BCUT2D eigenvalue weighted by Gasteiger charge is 2.61. The first-order valence-corrected chi connectivity index (χ1v) is 17.9. The average Bonchev–Trinajstić information content (AvgIpc) is 3.91. The molecule has 4 bridgehead atoms. The largest absolute Gasteiger partial charge is 0.469 e. The van der Waals surface area contributed by atoms with E-state index in [4.69, 9.17) is 23.5 Å². The Morgan fingerprint density at radius 2 is 1.79 bits per heavy atom. The standard InChI is InChI=1S/C38H43N7O7/c1-19(2)28-35-43-29(34-40-26(18-50-34)36(49)45-14-12-44(5)13-15-45)31(52-35)38-22-8-6-7-9-24(22)41-37(38)51-27-11-10-21(16-23(27)38)17-25(32(47)42-28)39-33(48)30(46)20(3)4/h6-11,16,18-20,25,28,30,37,41,46H,12-15,17H2,1-5H3,(H,39,48)(H,42,47)/t25-,28-,30-,37?,38?/m0/s1. The number of aliphatic hydroxyl groups is 1. The van der Waals surface area contributed by atoms with Crippen molar-refractivity contribution in [2.45, 2.75) is 63.9 Å². The van der Waals surface area contributed by atoms with Gasteiger partial charge < -0.3 is 44.4 Å². The van der Waals surface area contributed by atoms with Gasteiger partial charge in [0.15, 0.2) is 23.4 Å². The van der Waals surface area contributed by atoms with Crippen LogP contribution in [0.5, 0.6) is 5.75 Å². The number of oxazole rings is 2. The molecule has 14 nitrogen and oxygen atoms in total. The molecule has 1 spiro atoms. The van der Waals surface area contributed by atoms with Gasteiger partial charge in [-0.25, -0.2) is 9.97 Å². The summed E-state index contributed by atoms with van der Waals surface area (Å²) in [4.78, 5) is 54.4. The number of para-hydroxylation sites is 1. The highest BCUT2D eigenvalue weighted by atomic mass is 16.5. The lowest BCUT2D eigenvalue weighted by Gasteiger charge is -2.31. The SMILES string of the molecule is CC(C)[C@H](O)C(=O)N[C@H]1Cc2ccc3c(c2)C2(c4ccccc4NC2O3)c2oc(nc2-c2nc(C(=O)N3CCN(C)CC3)co2)[C@H](C(C)C)NC1=O. The van der Waals surface area contributed by atoms with Crippen LogP contribution in [0.25, 0.3) is 11.6 Å². The zero-order valence-corrected chi connectivity index (χ0v) is 29.8. The normalized spacial score (nSPS) is 24.3. The molecule has 6 heterocycles. The highest BCUT2D eigenvalue weighted by Crippen LogP contribution is 2.59. The van der Waals surface area contributed by atoms with Crippen molar-refractivity contribution in [3.8, 4) is 17.3 Å². The first-order chi connectivity index (χ1) is 24.9. The minimum absolute atomic E-state index is 0.0982. The second-order valence-electron chi connectivity index (χ2n) is 14.9. The van der Waals surface area contributed by atoms with Crippen LogP contribution in [-0.2, 0) is 21.4 Å². The van der Waals surface area contributed by atoms with Gasteiger partial charge in [-0.1, -0.05) is 58.0 Å². The molecule has 4 aliphatic heterocycles. The van der Waals surface area contributed by atoms with Gasteiger partial charge in [-0.3, -0.25) is 14.4 Å². The number of aliphatic hydroxyl groups excluding tert-OH is 1. The predicted molar refractivity (Wildman–Crippen MR) is 188 cm³/mol. The Morgan fingerprint density at radius 1 is 1.02 bits per heavy atom. The van der Waals surface area contributed by atoms with Crippen LogP contribution in [0, 0.1) is 11.8 Å². The summed E-state index contributed by atoms with van der Waals surface area (Å²) in [6.45, 7) is 10.0. The molecule has 2 aromatic carbocycles. The molecule has 4 N–H and O–H groups in total. The number of rotatable bonds is 6. The first-order valence-electron chi connectivity index (χ1n) is 17.9. The number of anilines is 1. The van der Waals surface area contributed by atoms with E-state index in [1.165, 1.54) is 6.26 Å². The molecule has 0 radical (unpaired) electrons. The Kier molecular flexibility index (Phi) is 8.33. The number of amides is 3. The summed E-state index contributed by atoms with van der Waals surface area (Å²) in [7, 11) is 2.03. The van der Waals surface area contributed by atoms with Gasteiger partial charge in [0.05, 0.1) is 0 Å². The fourth-order valence-corrected chi connectivity index (χ4v) is 7.66. The molecule has 3 amide bonds. The smallest absolute Gasteiger partial charge is 0.275 e. The van der Waals surface area contributed by atoms with Gasteiger partial charge in [0.25, 0.3) is 5.91 Å². The molecule has 272 valence electrons. The summed E-state index contributed by atoms with van der Waals surface area (Å²) in [5.41, 5.74) is 2.61. The zero-order chi connectivity index (χ0) is 36.5. The monoisotopic (exact) mass is 709 g/mol. The average molecular weight is 710 g/mol. The van der Waals surface area contributed by atoms with Crippen molar-refractivity contribution in [3.05, 3.63) is 82.8 Å². The van der Waals surface area contributed by atoms with E-state index in [0.717, 1.165) is 35.5 Å². The number of carbonyl (C=O) groups is 3. The van der Waals surface area contributed by atoms with E-state index in [2.05, 4.69) is 20.9 Å². The molecule has 8 rings (SSSR count). The number of likely N-dealkylation sites (N-methyl/N-ethyl adjacent to an activating group) is 1. The quantitative estimate of drug-likeness (QED) is 0.232. The number of nitrogens with one attached hydrogen (secondary N) is 3. The summed E-state index contributed by atoms with van der Waals surface area (Å²) >= 11 is 0. The minimum atomic E-state index is -1.29. The van der Waals surface area contributed by atoms with Crippen molar-refractivity contribution in [3.63, 3.8) is 0 Å². The molecule has 0 aliphatic carbocycles. The molecule has 14 heteroatoms. The zero-order valence-electron chi connectivity index (χ0n) is 29.8. The van der Waals surface area contributed by atoms with Gasteiger partial charge in [0.1, 0.15) is 35.6 Å². The van der Waals surface area contributed by atoms with Crippen LogP contribution < -0.4 is 20.7 Å². The third-order valence-electron chi connectivity index (χ3n) is 10.7. The van der Waals surface area contributed by atoms with Gasteiger partial charge in [0.2, 0.25) is 23.6 Å². The van der Waals surface area contributed by atoms with E-state index in [-0.39, 0.29) is 47.3 Å². The van der Waals surface area contributed by atoms with Crippen LogP contribution in [0.1, 0.15) is 72.6 Å².